The quantitative estimate of drug-likeness (QED) is 0.350. The predicted molar refractivity (Wildman–Crippen MR) is 94.0 cm³/mol. The number of ether oxygens (including phenoxy) is 2. The van der Waals surface area contributed by atoms with Gasteiger partial charge in [-0.2, -0.15) is 0 Å². The third-order valence-corrected chi connectivity index (χ3v) is 4.23. The summed E-state index contributed by atoms with van der Waals surface area (Å²) in [5.41, 5.74) is 1.28. The van der Waals surface area contributed by atoms with E-state index in [1.165, 1.54) is 44.1 Å². The van der Waals surface area contributed by atoms with Crippen molar-refractivity contribution < 1.29 is 9.47 Å². The summed E-state index contributed by atoms with van der Waals surface area (Å²) in [6.45, 7) is 2.93. The molecule has 0 aliphatic carbocycles. The summed E-state index contributed by atoms with van der Waals surface area (Å²) in [4.78, 5) is 0. The minimum atomic E-state index is 0.781. The van der Waals surface area contributed by atoms with Crippen molar-refractivity contribution in [1.82, 2.24) is 0 Å². The van der Waals surface area contributed by atoms with Crippen molar-refractivity contribution in [2.75, 3.05) is 19.0 Å². The van der Waals surface area contributed by atoms with E-state index in [0.29, 0.717) is 0 Å². The molecule has 0 unspecified atom stereocenters. The number of halogens is 1. The number of benzene rings is 1. The molecular weight excluding hydrogens is 328 g/mol. The summed E-state index contributed by atoms with van der Waals surface area (Å²) in [6, 6.07) is 6.21. The molecule has 3 heteroatoms. The second kappa shape index (κ2) is 11.9. The Morgan fingerprint density at radius 2 is 1.57 bits per heavy atom. The molecule has 0 spiro atoms. The lowest BCUT2D eigenvalue weighted by atomic mass is 10.1. The van der Waals surface area contributed by atoms with E-state index in [4.69, 9.17) is 9.47 Å². The van der Waals surface area contributed by atoms with Gasteiger partial charge in [0.05, 0.1) is 13.7 Å². The van der Waals surface area contributed by atoms with Gasteiger partial charge < -0.3 is 9.47 Å². The molecule has 2 nitrogen and oxygen atoms in total. The molecule has 0 atom stereocenters. The molecule has 0 amide bonds. The standard InChI is InChI=1S/C18H29BrO2/c1-3-16-11-12-17(18(15-16)20-2)21-14-10-8-6-4-5-7-9-13-19/h11-12,15H,3-10,13-14H2,1-2H3. The average Bonchev–Trinajstić information content (AvgIpc) is 2.53. The minimum Gasteiger partial charge on any atom is -0.493 e. The van der Waals surface area contributed by atoms with Crippen molar-refractivity contribution in [3.8, 4) is 11.5 Å². The van der Waals surface area contributed by atoms with Gasteiger partial charge in [0.1, 0.15) is 0 Å². The van der Waals surface area contributed by atoms with E-state index in [-0.39, 0.29) is 0 Å². The van der Waals surface area contributed by atoms with Gasteiger partial charge in [-0.25, -0.2) is 0 Å². The van der Waals surface area contributed by atoms with Crippen LogP contribution in [-0.2, 0) is 6.42 Å². The van der Waals surface area contributed by atoms with Crippen LogP contribution in [0.4, 0.5) is 0 Å². The Kier molecular flexibility index (Phi) is 10.4. The zero-order valence-corrected chi connectivity index (χ0v) is 15.1. The Labute approximate surface area is 138 Å². The fourth-order valence-corrected chi connectivity index (χ4v) is 2.71. The number of hydrogen-bond donors (Lipinski definition) is 0. The smallest absolute Gasteiger partial charge is 0.161 e. The second-order valence-corrected chi connectivity index (χ2v) is 6.14. The Hall–Kier alpha value is -0.700. The van der Waals surface area contributed by atoms with E-state index < -0.39 is 0 Å². The van der Waals surface area contributed by atoms with Crippen LogP contribution in [0.3, 0.4) is 0 Å². The van der Waals surface area contributed by atoms with Crippen molar-refractivity contribution in [2.24, 2.45) is 0 Å². The number of methoxy groups -OCH3 is 1. The number of rotatable bonds is 12. The van der Waals surface area contributed by atoms with Gasteiger partial charge in [-0.3, -0.25) is 0 Å². The summed E-state index contributed by atoms with van der Waals surface area (Å²) >= 11 is 3.47. The van der Waals surface area contributed by atoms with E-state index in [9.17, 15) is 0 Å². The molecule has 1 aromatic carbocycles. The average molecular weight is 357 g/mol. The molecule has 0 N–H and O–H groups in total. The molecule has 0 heterocycles. The summed E-state index contributed by atoms with van der Waals surface area (Å²) in [6.07, 6.45) is 10.1. The highest BCUT2D eigenvalue weighted by molar-refractivity contribution is 9.09. The van der Waals surface area contributed by atoms with E-state index in [1.807, 2.05) is 6.07 Å². The Morgan fingerprint density at radius 1 is 0.905 bits per heavy atom. The van der Waals surface area contributed by atoms with Crippen LogP contribution < -0.4 is 9.47 Å². The maximum absolute atomic E-state index is 5.84. The molecule has 0 aliphatic rings. The van der Waals surface area contributed by atoms with Crippen LogP contribution in [0.2, 0.25) is 0 Å². The van der Waals surface area contributed by atoms with Gasteiger partial charge in [0.2, 0.25) is 0 Å². The summed E-state index contributed by atoms with van der Waals surface area (Å²) in [7, 11) is 1.70. The van der Waals surface area contributed by atoms with Crippen LogP contribution in [0.1, 0.15) is 57.4 Å². The number of hydrogen-bond acceptors (Lipinski definition) is 2. The number of aryl methyl sites for hydroxylation is 1. The van der Waals surface area contributed by atoms with E-state index in [0.717, 1.165) is 36.3 Å². The molecule has 0 saturated heterocycles. The van der Waals surface area contributed by atoms with E-state index in [2.05, 4.69) is 35.0 Å². The Morgan fingerprint density at radius 3 is 2.19 bits per heavy atom. The highest BCUT2D eigenvalue weighted by atomic mass is 79.9. The predicted octanol–water partition coefficient (Wildman–Crippen LogP) is 5.76. The van der Waals surface area contributed by atoms with E-state index >= 15 is 0 Å². The first kappa shape index (κ1) is 18.3. The molecular formula is C18H29BrO2. The molecule has 21 heavy (non-hydrogen) atoms. The SMILES string of the molecule is CCc1ccc(OCCCCCCCCCBr)c(OC)c1. The third-order valence-electron chi connectivity index (χ3n) is 3.67. The Bertz CT molecular complexity index is 379. The van der Waals surface area contributed by atoms with Crippen molar-refractivity contribution in [3.05, 3.63) is 23.8 Å². The van der Waals surface area contributed by atoms with E-state index in [1.54, 1.807) is 7.11 Å². The van der Waals surface area contributed by atoms with Crippen LogP contribution in [-0.4, -0.2) is 19.0 Å². The molecule has 1 rings (SSSR count). The van der Waals surface area contributed by atoms with Crippen LogP contribution in [0.5, 0.6) is 11.5 Å². The largest absolute Gasteiger partial charge is 0.493 e. The van der Waals surface area contributed by atoms with Crippen molar-refractivity contribution >= 4 is 15.9 Å². The molecule has 0 fully saturated rings. The maximum atomic E-state index is 5.84. The van der Waals surface area contributed by atoms with Gasteiger partial charge in [0.25, 0.3) is 0 Å². The monoisotopic (exact) mass is 356 g/mol. The van der Waals surface area contributed by atoms with Gasteiger partial charge in [0.15, 0.2) is 11.5 Å². The third kappa shape index (κ3) is 7.75. The lowest BCUT2D eigenvalue weighted by molar-refractivity contribution is 0.284. The molecule has 0 aliphatic heterocycles. The van der Waals surface area contributed by atoms with Gasteiger partial charge in [-0.1, -0.05) is 61.0 Å². The van der Waals surface area contributed by atoms with Crippen LogP contribution in [0, 0.1) is 0 Å². The first-order valence-corrected chi connectivity index (χ1v) is 9.29. The van der Waals surface area contributed by atoms with Gasteiger partial charge in [-0.05, 0) is 37.0 Å². The highest BCUT2D eigenvalue weighted by Gasteiger charge is 2.04. The van der Waals surface area contributed by atoms with Gasteiger partial charge in [-0.15, -0.1) is 0 Å². The lowest BCUT2D eigenvalue weighted by Gasteiger charge is -2.11. The topological polar surface area (TPSA) is 18.5 Å². The van der Waals surface area contributed by atoms with Crippen LogP contribution >= 0.6 is 15.9 Å². The Balaban J connectivity index is 2.15. The summed E-state index contributed by atoms with van der Waals surface area (Å²) in [5, 5.41) is 1.14. The fourth-order valence-electron chi connectivity index (χ4n) is 2.31. The number of alkyl halides is 1. The molecule has 0 bridgehead atoms. The zero-order valence-electron chi connectivity index (χ0n) is 13.5. The normalized spacial score (nSPS) is 10.6. The maximum Gasteiger partial charge on any atom is 0.161 e. The first-order chi connectivity index (χ1) is 10.3. The highest BCUT2D eigenvalue weighted by Crippen LogP contribution is 2.28. The fraction of sp³-hybridized carbons (Fsp3) is 0.667. The van der Waals surface area contributed by atoms with Crippen molar-refractivity contribution in [3.63, 3.8) is 0 Å². The van der Waals surface area contributed by atoms with Crippen LogP contribution in [0.25, 0.3) is 0 Å². The lowest BCUT2D eigenvalue weighted by Crippen LogP contribution is -2.00. The first-order valence-electron chi connectivity index (χ1n) is 8.17. The molecule has 1 aromatic rings. The van der Waals surface area contributed by atoms with Gasteiger partial charge >= 0.3 is 0 Å². The zero-order chi connectivity index (χ0) is 15.3. The molecule has 120 valence electrons. The van der Waals surface area contributed by atoms with Gasteiger partial charge in [0, 0.05) is 5.33 Å². The van der Waals surface area contributed by atoms with Crippen molar-refractivity contribution in [2.45, 2.75) is 58.3 Å². The van der Waals surface area contributed by atoms with Crippen LogP contribution in [0.15, 0.2) is 18.2 Å². The minimum absolute atomic E-state index is 0.781. The summed E-state index contributed by atoms with van der Waals surface area (Å²) < 4.78 is 11.2. The molecule has 0 saturated carbocycles. The van der Waals surface area contributed by atoms with Crippen molar-refractivity contribution in [1.29, 1.82) is 0 Å². The summed E-state index contributed by atoms with van der Waals surface area (Å²) in [5.74, 6) is 1.72. The number of unbranched alkanes of at least 4 members (excludes halogenated alkanes) is 6. The second-order valence-electron chi connectivity index (χ2n) is 5.35. The molecule has 0 radical (unpaired) electrons. The molecule has 0 aromatic heterocycles.